The van der Waals surface area contributed by atoms with Gasteiger partial charge >= 0.3 is 0 Å². The Kier molecular flexibility index (Phi) is 5.09. The van der Waals surface area contributed by atoms with E-state index in [1.54, 1.807) is 14.2 Å². The molecule has 0 radical (unpaired) electrons. The Balaban J connectivity index is 3.13. The molecule has 0 amide bonds. The molecule has 90 valence electrons. The van der Waals surface area contributed by atoms with Crippen LogP contribution in [0.25, 0.3) is 0 Å². The average molecular weight is 289 g/mol. The quantitative estimate of drug-likeness (QED) is 0.904. The van der Waals surface area contributed by atoms with Crippen LogP contribution < -0.4 is 9.47 Å². The van der Waals surface area contributed by atoms with Crippen LogP contribution in [0.3, 0.4) is 0 Å². The third-order valence-corrected chi connectivity index (χ3v) is 3.04. The summed E-state index contributed by atoms with van der Waals surface area (Å²) in [5, 5.41) is 9.99. The molecule has 0 aromatic heterocycles. The van der Waals surface area contributed by atoms with E-state index in [1.165, 1.54) is 0 Å². The Labute approximate surface area is 105 Å². The van der Waals surface area contributed by atoms with Gasteiger partial charge in [-0.2, -0.15) is 0 Å². The van der Waals surface area contributed by atoms with Crippen molar-refractivity contribution in [2.75, 3.05) is 14.2 Å². The van der Waals surface area contributed by atoms with Gasteiger partial charge in [0.25, 0.3) is 0 Å². The fourth-order valence-corrected chi connectivity index (χ4v) is 2.06. The third-order valence-electron chi connectivity index (χ3n) is 2.43. The van der Waals surface area contributed by atoms with Gasteiger partial charge in [-0.25, -0.2) is 0 Å². The number of halogens is 1. The summed E-state index contributed by atoms with van der Waals surface area (Å²) in [7, 11) is 3.19. The van der Waals surface area contributed by atoms with Crippen LogP contribution in [0.2, 0.25) is 0 Å². The first-order valence-electron chi connectivity index (χ1n) is 5.23. The highest BCUT2D eigenvalue weighted by molar-refractivity contribution is 9.10. The molecule has 1 rings (SSSR count). The van der Waals surface area contributed by atoms with Gasteiger partial charge in [0.2, 0.25) is 0 Å². The topological polar surface area (TPSA) is 38.7 Å². The molecule has 1 N–H and O–H groups in total. The Morgan fingerprint density at radius 3 is 2.38 bits per heavy atom. The van der Waals surface area contributed by atoms with E-state index in [4.69, 9.17) is 9.47 Å². The van der Waals surface area contributed by atoms with E-state index in [-0.39, 0.29) is 0 Å². The molecule has 0 heterocycles. The van der Waals surface area contributed by atoms with Gasteiger partial charge in [0.05, 0.1) is 24.8 Å². The fourth-order valence-electron chi connectivity index (χ4n) is 1.57. The number of aliphatic hydroxyl groups is 1. The van der Waals surface area contributed by atoms with Gasteiger partial charge in [-0.1, -0.05) is 13.3 Å². The molecular weight excluding hydrogens is 272 g/mol. The molecule has 0 bridgehead atoms. The maximum atomic E-state index is 9.99. The number of ether oxygens (including phenoxy) is 2. The maximum absolute atomic E-state index is 9.99. The lowest BCUT2D eigenvalue weighted by atomic mass is 10.0. The summed E-state index contributed by atoms with van der Waals surface area (Å²) in [6.45, 7) is 2.03. The van der Waals surface area contributed by atoms with Crippen LogP contribution >= 0.6 is 15.9 Å². The monoisotopic (exact) mass is 288 g/mol. The summed E-state index contributed by atoms with van der Waals surface area (Å²) in [4.78, 5) is 0. The van der Waals surface area contributed by atoms with Crippen molar-refractivity contribution in [2.45, 2.75) is 25.9 Å². The van der Waals surface area contributed by atoms with Gasteiger partial charge < -0.3 is 14.6 Å². The number of aliphatic hydroxyl groups excluding tert-OH is 1. The normalized spacial score (nSPS) is 12.3. The van der Waals surface area contributed by atoms with Crippen molar-refractivity contribution in [1.82, 2.24) is 0 Å². The van der Waals surface area contributed by atoms with E-state index in [2.05, 4.69) is 15.9 Å². The van der Waals surface area contributed by atoms with Crippen LogP contribution in [0.4, 0.5) is 0 Å². The van der Waals surface area contributed by atoms with E-state index in [1.807, 2.05) is 19.1 Å². The zero-order chi connectivity index (χ0) is 12.1. The van der Waals surface area contributed by atoms with Crippen LogP contribution in [0, 0.1) is 0 Å². The molecule has 0 fully saturated rings. The minimum Gasteiger partial charge on any atom is -0.496 e. The maximum Gasteiger partial charge on any atom is 0.133 e. The van der Waals surface area contributed by atoms with Crippen molar-refractivity contribution in [2.24, 2.45) is 0 Å². The molecule has 0 aliphatic heterocycles. The van der Waals surface area contributed by atoms with Crippen molar-refractivity contribution in [3.8, 4) is 11.5 Å². The lowest BCUT2D eigenvalue weighted by Crippen LogP contribution is -2.01. The lowest BCUT2D eigenvalue weighted by molar-refractivity contribution is 0.162. The summed E-state index contributed by atoms with van der Waals surface area (Å²) in [5.74, 6) is 1.37. The van der Waals surface area contributed by atoms with Gasteiger partial charge in [0.1, 0.15) is 11.5 Å². The zero-order valence-corrected chi connectivity index (χ0v) is 11.4. The highest BCUT2D eigenvalue weighted by atomic mass is 79.9. The van der Waals surface area contributed by atoms with E-state index in [0.29, 0.717) is 17.9 Å². The minimum absolute atomic E-state index is 0.512. The van der Waals surface area contributed by atoms with Gasteiger partial charge in [0.15, 0.2) is 0 Å². The van der Waals surface area contributed by atoms with Crippen molar-refractivity contribution in [3.05, 3.63) is 22.2 Å². The largest absolute Gasteiger partial charge is 0.496 e. The molecule has 1 atom stereocenters. The Bertz CT molecular complexity index is 352. The SMILES string of the molecule is CCCC(O)c1cc(OC)c(Br)cc1OC. The van der Waals surface area contributed by atoms with Crippen LogP contribution in [-0.2, 0) is 0 Å². The molecule has 1 aromatic carbocycles. The van der Waals surface area contributed by atoms with Crippen molar-refractivity contribution >= 4 is 15.9 Å². The first-order valence-corrected chi connectivity index (χ1v) is 6.02. The first kappa shape index (κ1) is 13.3. The number of benzene rings is 1. The molecule has 3 nitrogen and oxygen atoms in total. The third kappa shape index (κ3) is 2.89. The van der Waals surface area contributed by atoms with Crippen molar-refractivity contribution in [1.29, 1.82) is 0 Å². The van der Waals surface area contributed by atoms with E-state index in [9.17, 15) is 5.11 Å². The first-order chi connectivity index (χ1) is 7.63. The molecule has 1 unspecified atom stereocenters. The van der Waals surface area contributed by atoms with Crippen molar-refractivity contribution < 1.29 is 14.6 Å². The second kappa shape index (κ2) is 6.11. The summed E-state index contributed by atoms with van der Waals surface area (Å²) in [6, 6.07) is 3.62. The van der Waals surface area contributed by atoms with Crippen LogP contribution in [0.15, 0.2) is 16.6 Å². The van der Waals surface area contributed by atoms with Crippen LogP contribution in [-0.4, -0.2) is 19.3 Å². The fraction of sp³-hybridized carbons (Fsp3) is 0.500. The Hall–Kier alpha value is -0.740. The van der Waals surface area contributed by atoms with Gasteiger partial charge in [-0.05, 0) is 34.5 Å². The van der Waals surface area contributed by atoms with Crippen molar-refractivity contribution in [3.63, 3.8) is 0 Å². The molecule has 0 aliphatic rings. The molecule has 4 heteroatoms. The molecule has 0 aliphatic carbocycles. The second-order valence-corrected chi connectivity index (χ2v) is 4.39. The molecule has 1 aromatic rings. The highest BCUT2D eigenvalue weighted by Gasteiger charge is 2.15. The second-order valence-electron chi connectivity index (χ2n) is 3.53. The minimum atomic E-state index is -0.512. The average Bonchev–Trinajstić information content (AvgIpc) is 2.28. The predicted octanol–water partition coefficient (Wildman–Crippen LogP) is 3.30. The van der Waals surface area contributed by atoms with E-state index in [0.717, 1.165) is 16.5 Å². The van der Waals surface area contributed by atoms with Gasteiger partial charge in [0, 0.05) is 5.56 Å². The Morgan fingerprint density at radius 2 is 1.88 bits per heavy atom. The lowest BCUT2D eigenvalue weighted by Gasteiger charge is -2.16. The summed E-state index contributed by atoms with van der Waals surface area (Å²) < 4.78 is 11.3. The standard InChI is InChI=1S/C12H17BrO3/c1-4-5-10(14)8-6-12(16-3)9(13)7-11(8)15-2/h6-7,10,14H,4-5H2,1-3H3. The van der Waals surface area contributed by atoms with E-state index < -0.39 is 6.10 Å². The summed E-state index contributed by atoms with van der Waals surface area (Å²) in [5.41, 5.74) is 0.768. The van der Waals surface area contributed by atoms with Crippen LogP contribution in [0.5, 0.6) is 11.5 Å². The number of methoxy groups -OCH3 is 2. The predicted molar refractivity (Wildman–Crippen MR) is 67.1 cm³/mol. The summed E-state index contributed by atoms with van der Waals surface area (Å²) >= 11 is 3.38. The number of hydrogen-bond acceptors (Lipinski definition) is 3. The number of rotatable bonds is 5. The molecular formula is C12H17BrO3. The molecule has 0 saturated carbocycles. The van der Waals surface area contributed by atoms with Gasteiger partial charge in [-0.15, -0.1) is 0 Å². The number of hydrogen-bond donors (Lipinski definition) is 1. The zero-order valence-electron chi connectivity index (χ0n) is 9.79. The smallest absolute Gasteiger partial charge is 0.133 e. The van der Waals surface area contributed by atoms with Crippen LogP contribution in [0.1, 0.15) is 31.4 Å². The summed E-state index contributed by atoms with van der Waals surface area (Å²) in [6.07, 6.45) is 1.12. The molecule has 0 saturated heterocycles. The Morgan fingerprint density at radius 1 is 1.25 bits per heavy atom. The molecule has 16 heavy (non-hydrogen) atoms. The van der Waals surface area contributed by atoms with E-state index >= 15 is 0 Å². The highest BCUT2D eigenvalue weighted by Crippen LogP contribution is 2.36. The molecule has 0 spiro atoms. The van der Waals surface area contributed by atoms with Gasteiger partial charge in [-0.3, -0.25) is 0 Å².